The molecule has 1 fully saturated rings. The van der Waals surface area contributed by atoms with Crippen molar-refractivity contribution in [1.82, 2.24) is 15.1 Å². The van der Waals surface area contributed by atoms with Crippen LogP contribution in [-0.2, 0) is 11.3 Å². The molecule has 0 unspecified atom stereocenters. The summed E-state index contributed by atoms with van der Waals surface area (Å²) in [7, 11) is 1.79. The molecular formula is C15H22FN3O. The molecule has 1 atom stereocenters. The summed E-state index contributed by atoms with van der Waals surface area (Å²) in [6.07, 6.45) is 0. The maximum atomic E-state index is 12.8. The molecule has 5 heteroatoms. The molecule has 1 aromatic rings. The highest BCUT2D eigenvalue weighted by Crippen LogP contribution is 2.07. The van der Waals surface area contributed by atoms with Crippen molar-refractivity contribution < 1.29 is 9.18 Å². The molecule has 1 aromatic carbocycles. The van der Waals surface area contributed by atoms with Gasteiger partial charge in [-0.3, -0.25) is 9.69 Å². The number of hydrogen-bond acceptors (Lipinski definition) is 3. The molecule has 1 saturated heterocycles. The van der Waals surface area contributed by atoms with Crippen molar-refractivity contribution >= 4 is 5.91 Å². The van der Waals surface area contributed by atoms with Gasteiger partial charge in [0.1, 0.15) is 5.82 Å². The predicted octanol–water partition coefficient (Wildman–Crippen LogP) is 1.08. The highest BCUT2D eigenvalue weighted by molar-refractivity contribution is 5.78. The fraction of sp³-hybridized carbons (Fsp3) is 0.533. The summed E-state index contributed by atoms with van der Waals surface area (Å²) in [5.41, 5.74) is 0.940. The van der Waals surface area contributed by atoms with Crippen LogP contribution in [0.2, 0.25) is 0 Å². The lowest BCUT2D eigenvalue weighted by molar-refractivity contribution is -0.132. The van der Waals surface area contributed by atoms with Gasteiger partial charge in [0.25, 0.3) is 0 Å². The Bertz CT molecular complexity index is 449. The number of benzene rings is 1. The number of amides is 1. The van der Waals surface area contributed by atoms with Crippen molar-refractivity contribution in [3.8, 4) is 0 Å². The first-order chi connectivity index (χ1) is 9.56. The summed E-state index contributed by atoms with van der Waals surface area (Å²) in [6, 6.07) is 6.66. The fourth-order valence-corrected chi connectivity index (χ4v) is 2.36. The highest BCUT2D eigenvalue weighted by atomic mass is 19.1. The molecule has 2 rings (SSSR count). The molecule has 0 radical (unpaired) electrons. The van der Waals surface area contributed by atoms with E-state index < -0.39 is 0 Å². The summed E-state index contributed by atoms with van der Waals surface area (Å²) in [6.45, 7) is 5.84. The average Bonchev–Trinajstić information content (AvgIpc) is 2.44. The standard InChI is InChI=1S/C15H22FN3O/c1-12-9-17-7-8-19(12)11-15(20)18(2)10-13-3-5-14(16)6-4-13/h3-6,12,17H,7-11H2,1-2H3/t12-/m1/s1. The third kappa shape index (κ3) is 4.02. The zero-order valence-electron chi connectivity index (χ0n) is 12.1. The van der Waals surface area contributed by atoms with Crippen LogP contribution in [0.15, 0.2) is 24.3 Å². The summed E-state index contributed by atoms with van der Waals surface area (Å²) in [5, 5.41) is 3.31. The third-order valence-corrected chi connectivity index (χ3v) is 3.74. The van der Waals surface area contributed by atoms with Crippen molar-refractivity contribution in [1.29, 1.82) is 0 Å². The summed E-state index contributed by atoms with van der Waals surface area (Å²) in [5.74, 6) is -0.152. The summed E-state index contributed by atoms with van der Waals surface area (Å²) < 4.78 is 12.8. The Morgan fingerprint density at radius 2 is 2.15 bits per heavy atom. The average molecular weight is 279 g/mol. The van der Waals surface area contributed by atoms with Crippen LogP contribution in [0.1, 0.15) is 12.5 Å². The van der Waals surface area contributed by atoms with Crippen LogP contribution in [0.5, 0.6) is 0 Å². The van der Waals surface area contributed by atoms with Crippen LogP contribution in [0.3, 0.4) is 0 Å². The van der Waals surface area contributed by atoms with E-state index in [0.717, 1.165) is 25.2 Å². The number of likely N-dealkylation sites (N-methyl/N-ethyl adjacent to an activating group) is 1. The lowest BCUT2D eigenvalue weighted by atomic mass is 10.2. The molecule has 1 aliphatic heterocycles. The number of nitrogens with zero attached hydrogens (tertiary/aromatic N) is 2. The number of piperazine rings is 1. The van der Waals surface area contributed by atoms with Crippen molar-refractivity contribution in [2.75, 3.05) is 33.2 Å². The van der Waals surface area contributed by atoms with Gasteiger partial charge in [0.2, 0.25) is 5.91 Å². The number of rotatable bonds is 4. The Morgan fingerprint density at radius 1 is 1.45 bits per heavy atom. The topological polar surface area (TPSA) is 35.6 Å². The van der Waals surface area contributed by atoms with Gasteiger partial charge >= 0.3 is 0 Å². The molecular weight excluding hydrogens is 257 g/mol. The van der Waals surface area contributed by atoms with Crippen molar-refractivity contribution in [2.45, 2.75) is 19.5 Å². The second-order valence-electron chi connectivity index (χ2n) is 5.40. The SMILES string of the molecule is C[C@@H]1CNCCN1CC(=O)N(C)Cc1ccc(F)cc1. The Labute approximate surface area is 119 Å². The van der Waals surface area contributed by atoms with Gasteiger partial charge < -0.3 is 10.2 Å². The molecule has 0 bridgehead atoms. The molecule has 1 amide bonds. The van der Waals surface area contributed by atoms with Crippen molar-refractivity contribution in [3.05, 3.63) is 35.6 Å². The molecule has 1 heterocycles. The summed E-state index contributed by atoms with van der Waals surface area (Å²) in [4.78, 5) is 16.1. The Morgan fingerprint density at radius 3 is 2.80 bits per heavy atom. The van der Waals surface area contributed by atoms with Gasteiger partial charge in [0.05, 0.1) is 6.54 Å². The Hall–Kier alpha value is -1.46. The number of carbonyl (C=O) groups is 1. The smallest absolute Gasteiger partial charge is 0.236 e. The fourth-order valence-electron chi connectivity index (χ4n) is 2.36. The quantitative estimate of drug-likeness (QED) is 0.896. The zero-order chi connectivity index (χ0) is 14.5. The summed E-state index contributed by atoms with van der Waals surface area (Å²) >= 11 is 0. The second kappa shape index (κ2) is 6.81. The van der Waals surface area contributed by atoms with E-state index in [2.05, 4.69) is 17.1 Å². The van der Waals surface area contributed by atoms with Gasteiger partial charge in [-0.2, -0.15) is 0 Å². The molecule has 1 N–H and O–H groups in total. The van der Waals surface area contributed by atoms with Gasteiger partial charge in [-0.15, -0.1) is 0 Å². The first-order valence-electron chi connectivity index (χ1n) is 6.99. The van der Waals surface area contributed by atoms with Gasteiger partial charge in [-0.1, -0.05) is 12.1 Å². The molecule has 0 aliphatic carbocycles. The number of halogens is 1. The number of carbonyl (C=O) groups excluding carboxylic acids is 1. The zero-order valence-corrected chi connectivity index (χ0v) is 12.1. The molecule has 4 nitrogen and oxygen atoms in total. The maximum absolute atomic E-state index is 12.8. The van der Waals surface area contributed by atoms with E-state index in [0.29, 0.717) is 19.1 Å². The molecule has 1 aliphatic rings. The van der Waals surface area contributed by atoms with E-state index in [1.54, 1.807) is 24.1 Å². The van der Waals surface area contributed by atoms with E-state index in [-0.39, 0.29) is 11.7 Å². The van der Waals surface area contributed by atoms with E-state index >= 15 is 0 Å². The van der Waals surface area contributed by atoms with Crippen LogP contribution in [-0.4, -0.2) is 55.0 Å². The van der Waals surface area contributed by atoms with E-state index in [4.69, 9.17) is 0 Å². The van der Waals surface area contributed by atoms with Crippen LogP contribution >= 0.6 is 0 Å². The highest BCUT2D eigenvalue weighted by Gasteiger charge is 2.21. The maximum Gasteiger partial charge on any atom is 0.236 e. The lowest BCUT2D eigenvalue weighted by Gasteiger charge is -2.34. The van der Waals surface area contributed by atoms with Crippen molar-refractivity contribution in [2.24, 2.45) is 0 Å². The lowest BCUT2D eigenvalue weighted by Crippen LogP contribution is -2.52. The molecule has 110 valence electrons. The van der Waals surface area contributed by atoms with Crippen LogP contribution in [0.25, 0.3) is 0 Å². The molecule has 20 heavy (non-hydrogen) atoms. The molecule has 0 aromatic heterocycles. The van der Waals surface area contributed by atoms with Gasteiger partial charge in [0, 0.05) is 39.3 Å². The van der Waals surface area contributed by atoms with E-state index in [1.165, 1.54) is 12.1 Å². The number of hydrogen-bond donors (Lipinski definition) is 1. The first-order valence-corrected chi connectivity index (χ1v) is 6.99. The molecule has 0 saturated carbocycles. The Balaban J connectivity index is 1.86. The van der Waals surface area contributed by atoms with Gasteiger partial charge in [-0.05, 0) is 24.6 Å². The van der Waals surface area contributed by atoms with E-state index in [9.17, 15) is 9.18 Å². The third-order valence-electron chi connectivity index (χ3n) is 3.74. The normalized spacial score (nSPS) is 19.9. The van der Waals surface area contributed by atoms with Gasteiger partial charge in [0.15, 0.2) is 0 Å². The molecule has 0 spiro atoms. The minimum atomic E-state index is -0.252. The second-order valence-corrected chi connectivity index (χ2v) is 5.40. The van der Waals surface area contributed by atoms with Gasteiger partial charge in [-0.25, -0.2) is 4.39 Å². The van der Waals surface area contributed by atoms with E-state index in [1.807, 2.05) is 0 Å². The van der Waals surface area contributed by atoms with Crippen molar-refractivity contribution in [3.63, 3.8) is 0 Å². The van der Waals surface area contributed by atoms with Crippen LogP contribution in [0.4, 0.5) is 4.39 Å². The monoisotopic (exact) mass is 279 g/mol. The van der Waals surface area contributed by atoms with Crippen LogP contribution < -0.4 is 5.32 Å². The first kappa shape index (κ1) is 14.9. The van der Waals surface area contributed by atoms with Crippen LogP contribution in [0, 0.1) is 5.82 Å². The number of nitrogens with one attached hydrogen (secondary N) is 1. The minimum absolute atomic E-state index is 0.100. The minimum Gasteiger partial charge on any atom is -0.340 e. The Kier molecular flexibility index (Phi) is 5.09. The largest absolute Gasteiger partial charge is 0.340 e. The predicted molar refractivity (Wildman–Crippen MR) is 76.8 cm³/mol.